The number of hydrogen-bond acceptors (Lipinski definition) is 6. The lowest BCUT2D eigenvalue weighted by Crippen LogP contribution is -2.39. The first-order chi connectivity index (χ1) is 10.9. The Hall–Kier alpha value is -2.48. The van der Waals surface area contributed by atoms with Gasteiger partial charge in [-0.25, -0.2) is 14.6 Å². The van der Waals surface area contributed by atoms with Crippen LogP contribution in [0.3, 0.4) is 0 Å². The average molecular weight is 335 g/mol. The number of pyridine rings is 1. The summed E-state index contributed by atoms with van der Waals surface area (Å²) >= 11 is 1.22. The summed E-state index contributed by atoms with van der Waals surface area (Å²) in [4.78, 5) is 42.0. The number of aryl methyl sites for hydroxylation is 1. The third-order valence-electron chi connectivity index (χ3n) is 3.33. The van der Waals surface area contributed by atoms with Crippen molar-refractivity contribution in [1.29, 1.82) is 0 Å². The van der Waals surface area contributed by atoms with Gasteiger partial charge < -0.3 is 10.1 Å². The molecule has 0 aliphatic rings. The number of rotatable bonds is 3. The number of carbonyl (C=O) groups is 3. The van der Waals surface area contributed by atoms with Crippen LogP contribution in [0.1, 0.15) is 32.5 Å². The Labute approximate surface area is 137 Å². The van der Waals surface area contributed by atoms with E-state index in [0.29, 0.717) is 27.3 Å². The Morgan fingerprint density at radius 2 is 2.09 bits per heavy atom. The quantitative estimate of drug-likeness (QED) is 0.869. The fraction of sp³-hybridized carbons (Fsp3) is 0.333. The summed E-state index contributed by atoms with van der Waals surface area (Å²) in [5.41, 5.74) is 0.994. The van der Waals surface area contributed by atoms with Gasteiger partial charge in [0, 0.05) is 25.7 Å². The Morgan fingerprint density at radius 3 is 2.70 bits per heavy atom. The first kappa shape index (κ1) is 16.9. The maximum Gasteiger partial charge on any atom is 0.348 e. The fourth-order valence-corrected chi connectivity index (χ4v) is 3.09. The number of hydrogen-bond donors (Lipinski definition) is 1. The summed E-state index contributed by atoms with van der Waals surface area (Å²) in [5.74, 6) is -0.870. The standard InChI is InChI=1S/C15H17N3O4S/c1-5-22-14(20)11-8(2)10-6-9(7-17-12(10)23-11)13(19)18(4)15(21)16-3/h6-7H,5H2,1-4H3,(H,16,21). The molecule has 2 aromatic rings. The Bertz CT molecular complexity index is 784. The van der Waals surface area contributed by atoms with E-state index in [-0.39, 0.29) is 5.56 Å². The molecule has 0 fully saturated rings. The lowest BCUT2D eigenvalue weighted by Gasteiger charge is -2.14. The molecule has 0 saturated carbocycles. The molecule has 0 unspecified atom stereocenters. The number of nitrogens with zero attached hydrogens (tertiary/aromatic N) is 2. The van der Waals surface area contributed by atoms with Gasteiger partial charge >= 0.3 is 12.0 Å². The molecule has 0 spiro atoms. The van der Waals surface area contributed by atoms with Crippen molar-refractivity contribution >= 4 is 39.5 Å². The molecule has 0 atom stereocenters. The molecule has 0 bridgehead atoms. The van der Waals surface area contributed by atoms with Gasteiger partial charge in [-0.1, -0.05) is 0 Å². The van der Waals surface area contributed by atoms with Crippen molar-refractivity contribution in [2.75, 3.05) is 20.7 Å². The number of imide groups is 1. The molecule has 122 valence electrons. The number of ether oxygens (including phenoxy) is 1. The molecular formula is C15H17N3O4S. The summed E-state index contributed by atoms with van der Waals surface area (Å²) in [6.45, 7) is 3.81. The van der Waals surface area contributed by atoms with Gasteiger partial charge in [0.25, 0.3) is 5.91 Å². The van der Waals surface area contributed by atoms with Crippen LogP contribution < -0.4 is 5.32 Å². The molecule has 8 heteroatoms. The predicted molar refractivity (Wildman–Crippen MR) is 86.9 cm³/mol. The fourth-order valence-electron chi connectivity index (χ4n) is 2.06. The molecule has 0 aliphatic heterocycles. The molecule has 2 rings (SSSR count). The normalized spacial score (nSPS) is 10.4. The minimum atomic E-state index is -0.510. The highest BCUT2D eigenvalue weighted by molar-refractivity contribution is 7.20. The van der Waals surface area contributed by atoms with Crippen molar-refractivity contribution < 1.29 is 19.1 Å². The minimum Gasteiger partial charge on any atom is -0.462 e. The lowest BCUT2D eigenvalue weighted by atomic mass is 10.1. The third kappa shape index (κ3) is 3.16. The second-order valence-corrected chi connectivity index (χ2v) is 5.77. The molecule has 7 nitrogen and oxygen atoms in total. The molecule has 2 aromatic heterocycles. The predicted octanol–water partition coefficient (Wildman–Crippen LogP) is 2.19. The van der Waals surface area contributed by atoms with Crippen LogP contribution in [-0.2, 0) is 4.74 Å². The molecule has 23 heavy (non-hydrogen) atoms. The number of nitrogens with one attached hydrogen (secondary N) is 1. The van der Waals surface area contributed by atoms with E-state index in [9.17, 15) is 14.4 Å². The van der Waals surface area contributed by atoms with Crippen LogP contribution in [0.5, 0.6) is 0 Å². The van der Waals surface area contributed by atoms with Gasteiger partial charge in [-0.3, -0.25) is 9.69 Å². The summed E-state index contributed by atoms with van der Waals surface area (Å²) in [5, 5.41) is 3.09. The first-order valence-electron chi connectivity index (χ1n) is 6.96. The summed E-state index contributed by atoms with van der Waals surface area (Å²) < 4.78 is 5.02. The van der Waals surface area contributed by atoms with Crippen LogP contribution in [0.4, 0.5) is 4.79 Å². The van der Waals surface area contributed by atoms with E-state index in [1.807, 2.05) is 0 Å². The number of fused-ring (bicyclic) bond motifs is 1. The molecular weight excluding hydrogens is 318 g/mol. The highest BCUT2D eigenvalue weighted by Gasteiger charge is 2.21. The van der Waals surface area contributed by atoms with Crippen LogP contribution in [0.15, 0.2) is 12.3 Å². The van der Waals surface area contributed by atoms with Crippen molar-refractivity contribution in [1.82, 2.24) is 15.2 Å². The van der Waals surface area contributed by atoms with Crippen LogP contribution in [0.2, 0.25) is 0 Å². The largest absolute Gasteiger partial charge is 0.462 e. The van der Waals surface area contributed by atoms with Gasteiger partial charge in [0.2, 0.25) is 0 Å². The van der Waals surface area contributed by atoms with Gasteiger partial charge in [0.1, 0.15) is 9.71 Å². The van der Waals surface area contributed by atoms with E-state index in [2.05, 4.69) is 10.3 Å². The van der Waals surface area contributed by atoms with E-state index in [4.69, 9.17) is 4.74 Å². The maximum absolute atomic E-state index is 12.3. The van der Waals surface area contributed by atoms with Crippen LogP contribution in [-0.4, -0.2) is 48.5 Å². The van der Waals surface area contributed by atoms with E-state index in [1.54, 1.807) is 19.9 Å². The number of esters is 1. The molecule has 0 saturated heterocycles. The SMILES string of the molecule is CCOC(=O)c1sc2ncc(C(=O)N(C)C(=O)NC)cc2c1C. The molecule has 0 aliphatic carbocycles. The van der Waals surface area contributed by atoms with Gasteiger partial charge in [-0.2, -0.15) is 0 Å². The van der Waals surface area contributed by atoms with E-state index >= 15 is 0 Å². The van der Waals surface area contributed by atoms with Gasteiger partial charge in [-0.05, 0) is 25.5 Å². The third-order valence-corrected chi connectivity index (χ3v) is 4.52. The highest BCUT2D eigenvalue weighted by Crippen LogP contribution is 2.30. The van der Waals surface area contributed by atoms with E-state index in [1.165, 1.54) is 31.6 Å². The van der Waals surface area contributed by atoms with Crippen LogP contribution in [0, 0.1) is 6.92 Å². The van der Waals surface area contributed by atoms with Gasteiger partial charge in [-0.15, -0.1) is 11.3 Å². The smallest absolute Gasteiger partial charge is 0.348 e. The second kappa shape index (κ2) is 6.74. The number of urea groups is 1. The molecule has 0 radical (unpaired) electrons. The minimum absolute atomic E-state index is 0.278. The Kier molecular flexibility index (Phi) is 4.95. The Morgan fingerprint density at radius 1 is 1.39 bits per heavy atom. The lowest BCUT2D eigenvalue weighted by molar-refractivity contribution is 0.0531. The summed E-state index contributed by atoms with van der Waals surface area (Å²) in [6, 6.07) is 1.13. The monoisotopic (exact) mass is 335 g/mol. The first-order valence-corrected chi connectivity index (χ1v) is 7.78. The van der Waals surface area contributed by atoms with E-state index < -0.39 is 17.9 Å². The number of carbonyl (C=O) groups excluding carboxylic acids is 3. The van der Waals surface area contributed by atoms with Gasteiger partial charge in [0.15, 0.2) is 0 Å². The van der Waals surface area contributed by atoms with Crippen molar-refractivity contribution in [3.8, 4) is 0 Å². The second-order valence-electron chi connectivity index (χ2n) is 4.77. The molecule has 1 N–H and O–H groups in total. The zero-order valence-corrected chi connectivity index (χ0v) is 14.1. The van der Waals surface area contributed by atoms with E-state index in [0.717, 1.165) is 4.90 Å². The zero-order chi connectivity index (χ0) is 17.1. The summed E-state index contributed by atoms with van der Waals surface area (Å²) in [6.07, 6.45) is 1.40. The maximum atomic E-state index is 12.3. The topological polar surface area (TPSA) is 88.6 Å². The Balaban J connectivity index is 2.43. The van der Waals surface area contributed by atoms with Crippen LogP contribution in [0.25, 0.3) is 10.2 Å². The number of amides is 3. The zero-order valence-electron chi connectivity index (χ0n) is 13.3. The molecule has 0 aromatic carbocycles. The highest BCUT2D eigenvalue weighted by atomic mass is 32.1. The number of thiophene rings is 1. The summed E-state index contributed by atoms with van der Waals surface area (Å²) in [7, 11) is 2.83. The number of aromatic nitrogens is 1. The molecule has 3 amide bonds. The van der Waals surface area contributed by atoms with Crippen LogP contribution >= 0.6 is 11.3 Å². The molecule has 2 heterocycles. The van der Waals surface area contributed by atoms with Crippen molar-refractivity contribution in [3.63, 3.8) is 0 Å². The average Bonchev–Trinajstić information content (AvgIpc) is 2.89. The van der Waals surface area contributed by atoms with Gasteiger partial charge in [0.05, 0.1) is 12.2 Å². The van der Waals surface area contributed by atoms with Crippen molar-refractivity contribution in [3.05, 3.63) is 28.3 Å². The van der Waals surface area contributed by atoms with Crippen molar-refractivity contribution in [2.24, 2.45) is 0 Å². The van der Waals surface area contributed by atoms with Crippen molar-refractivity contribution in [2.45, 2.75) is 13.8 Å².